The predicted octanol–water partition coefficient (Wildman–Crippen LogP) is 4.93. The van der Waals surface area contributed by atoms with E-state index in [1.807, 2.05) is 41.3 Å². The monoisotopic (exact) mass is 551 g/mol. The Hall–Kier alpha value is -5.01. The van der Waals surface area contributed by atoms with E-state index in [1.54, 1.807) is 41.9 Å². The van der Waals surface area contributed by atoms with Gasteiger partial charge in [-0.2, -0.15) is 10.4 Å². The van der Waals surface area contributed by atoms with E-state index in [-0.39, 0.29) is 5.69 Å². The summed E-state index contributed by atoms with van der Waals surface area (Å²) in [6.45, 7) is 3.93. The highest BCUT2D eigenvalue weighted by Crippen LogP contribution is 2.49. The summed E-state index contributed by atoms with van der Waals surface area (Å²) in [5, 5.41) is 17.2. The molecule has 2 aliphatic rings. The average molecular weight is 552 g/mol. The molecule has 1 fully saturated rings. The summed E-state index contributed by atoms with van der Waals surface area (Å²) in [6, 6.07) is 22.4. The van der Waals surface area contributed by atoms with Crippen molar-refractivity contribution in [1.29, 1.82) is 5.26 Å². The van der Waals surface area contributed by atoms with Gasteiger partial charge in [-0.05, 0) is 37.3 Å². The number of aromatic nitrogens is 2. The van der Waals surface area contributed by atoms with E-state index in [0.717, 1.165) is 0 Å². The van der Waals surface area contributed by atoms with Crippen LogP contribution >= 0.6 is 0 Å². The van der Waals surface area contributed by atoms with Crippen LogP contribution in [0.3, 0.4) is 0 Å². The third kappa shape index (κ3) is 4.81. The zero-order valence-electron chi connectivity index (χ0n) is 22.2. The number of nitrogens with one attached hydrogen (secondary N) is 1. The lowest BCUT2D eigenvalue weighted by atomic mass is 9.92. The zero-order valence-corrected chi connectivity index (χ0v) is 22.2. The minimum absolute atomic E-state index is 0.0750. The number of rotatable bonds is 6. The molecule has 9 nitrogen and oxygen atoms in total. The molecule has 6 rings (SSSR count). The van der Waals surface area contributed by atoms with E-state index < -0.39 is 29.5 Å². The fourth-order valence-corrected chi connectivity index (χ4v) is 5.28. The molecule has 2 unspecified atom stereocenters. The van der Waals surface area contributed by atoms with Gasteiger partial charge in [0.05, 0.1) is 36.4 Å². The van der Waals surface area contributed by atoms with Crippen molar-refractivity contribution in [3.05, 3.63) is 89.9 Å². The van der Waals surface area contributed by atoms with Crippen LogP contribution in [0.5, 0.6) is 5.75 Å². The number of carbonyl (C=O) groups is 2. The Kier molecular flexibility index (Phi) is 6.95. The molecule has 3 heterocycles. The number of hydrogen-bond donors (Lipinski definition) is 1. The van der Waals surface area contributed by atoms with Crippen LogP contribution in [0.2, 0.25) is 0 Å². The third-order valence-electron chi connectivity index (χ3n) is 7.19. The SMILES string of the molecule is CC1Oc2c(cc(F)cc2N2CCOCC2)-c2c1c(C(=O)C(C#N)C(=O)Nc1ccccc1)nn2-c1ccccc1. The van der Waals surface area contributed by atoms with Crippen LogP contribution in [0, 0.1) is 23.1 Å². The van der Waals surface area contributed by atoms with E-state index >= 15 is 4.39 Å². The molecule has 2 atom stereocenters. The Morgan fingerprint density at radius 1 is 1.07 bits per heavy atom. The fraction of sp³-hybridized carbons (Fsp3) is 0.226. The van der Waals surface area contributed by atoms with Gasteiger partial charge in [0, 0.05) is 36.0 Å². The van der Waals surface area contributed by atoms with Crippen LogP contribution in [0.15, 0.2) is 72.8 Å². The Labute approximate surface area is 235 Å². The van der Waals surface area contributed by atoms with Crippen LogP contribution in [0.25, 0.3) is 16.9 Å². The molecule has 1 aromatic heterocycles. The number of carbonyl (C=O) groups excluding carboxylic acids is 2. The molecule has 0 saturated carbocycles. The number of hydrogen-bond acceptors (Lipinski definition) is 7. The summed E-state index contributed by atoms with van der Waals surface area (Å²) in [5.41, 5.74) is 2.89. The lowest BCUT2D eigenvalue weighted by Crippen LogP contribution is -2.36. The highest BCUT2D eigenvalue weighted by Gasteiger charge is 2.40. The Balaban J connectivity index is 1.50. The first-order chi connectivity index (χ1) is 20.0. The molecule has 3 aromatic carbocycles. The Morgan fingerprint density at radius 2 is 1.76 bits per heavy atom. The molecule has 1 saturated heterocycles. The molecule has 0 spiro atoms. The summed E-state index contributed by atoms with van der Waals surface area (Å²) in [4.78, 5) is 28.9. The highest BCUT2D eigenvalue weighted by atomic mass is 19.1. The number of morpholine rings is 1. The minimum Gasteiger partial charge on any atom is -0.483 e. The van der Waals surface area contributed by atoms with E-state index in [9.17, 15) is 14.9 Å². The van der Waals surface area contributed by atoms with Crippen molar-refractivity contribution in [3.8, 4) is 28.8 Å². The van der Waals surface area contributed by atoms with Crippen LogP contribution < -0.4 is 15.0 Å². The van der Waals surface area contributed by atoms with E-state index in [0.29, 0.717) is 65.9 Å². The first-order valence-corrected chi connectivity index (χ1v) is 13.3. The number of nitriles is 1. The van der Waals surface area contributed by atoms with Crippen molar-refractivity contribution >= 4 is 23.1 Å². The van der Waals surface area contributed by atoms with Crippen molar-refractivity contribution in [2.24, 2.45) is 5.92 Å². The molecule has 0 aliphatic carbocycles. The number of benzene rings is 3. The number of amides is 1. The maximum absolute atomic E-state index is 15.2. The number of nitrogens with zero attached hydrogens (tertiary/aromatic N) is 4. The molecular formula is C31H26FN5O4. The van der Waals surface area contributed by atoms with E-state index in [1.165, 1.54) is 12.1 Å². The predicted molar refractivity (Wildman–Crippen MR) is 150 cm³/mol. The number of para-hydroxylation sites is 2. The van der Waals surface area contributed by atoms with Gasteiger partial charge in [0.15, 0.2) is 11.7 Å². The lowest BCUT2D eigenvalue weighted by molar-refractivity contribution is -0.117. The zero-order chi connectivity index (χ0) is 28.5. The van der Waals surface area contributed by atoms with Gasteiger partial charge in [0.25, 0.3) is 0 Å². The van der Waals surface area contributed by atoms with Crippen molar-refractivity contribution < 1.29 is 23.5 Å². The standard InChI is InChI=1S/C31H26FN5O4/c1-19-26-27(29(38)24(18-33)31(39)34-21-8-4-2-5-9-21)35-37(22-10-6-3-7-11-22)28(26)23-16-20(32)17-25(30(23)41-19)36-12-14-40-15-13-36/h2-11,16-17,19,24H,12-15H2,1H3,(H,34,39). The van der Waals surface area contributed by atoms with Gasteiger partial charge in [-0.15, -0.1) is 0 Å². The second-order valence-electron chi connectivity index (χ2n) is 9.80. The first-order valence-electron chi connectivity index (χ1n) is 13.3. The summed E-state index contributed by atoms with van der Waals surface area (Å²) >= 11 is 0. The summed E-state index contributed by atoms with van der Waals surface area (Å²) in [6.07, 6.45) is -0.685. The molecule has 4 aromatic rings. The number of anilines is 2. The van der Waals surface area contributed by atoms with Gasteiger partial charge in [-0.25, -0.2) is 9.07 Å². The number of Topliss-reactive ketones (excluding diaryl/α,β-unsaturated/α-hetero) is 1. The topological polar surface area (TPSA) is 109 Å². The lowest BCUT2D eigenvalue weighted by Gasteiger charge is -2.34. The van der Waals surface area contributed by atoms with Crippen molar-refractivity contribution in [2.75, 3.05) is 36.5 Å². The molecule has 1 N–H and O–H groups in total. The quantitative estimate of drug-likeness (QED) is 0.267. The largest absolute Gasteiger partial charge is 0.483 e. The molecule has 10 heteroatoms. The van der Waals surface area contributed by atoms with Crippen LogP contribution in [-0.2, 0) is 9.53 Å². The van der Waals surface area contributed by atoms with Crippen molar-refractivity contribution in [3.63, 3.8) is 0 Å². The van der Waals surface area contributed by atoms with Gasteiger partial charge in [-0.3, -0.25) is 9.59 Å². The normalized spacial score (nSPS) is 16.5. The summed E-state index contributed by atoms with van der Waals surface area (Å²) in [5.74, 6) is -3.20. The number of fused-ring (bicyclic) bond motifs is 3. The average Bonchev–Trinajstić information content (AvgIpc) is 3.41. The molecule has 0 bridgehead atoms. The second-order valence-corrected chi connectivity index (χ2v) is 9.80. The molecule has 1 amide bonds. The molecule has 0 radical (unpaired) electrons. The van der Waals surface area contributed by atoms with E-state index in [4.69, 9.17) is 9.47 Å². The van der Waals surface area contributed by atoms with Gasteiger partial charge < -0.3 is 19.7 Å². The van der Waals surface area contributed by atoms with Crippen LogP contribution in [-0.4, -0.2) is 47.8 Å². The Morgan fingerprint density at radius 3 is 2.44 bits per heavy atom. The maximum Gasteiger partial charge on any atom is 0.249 e. The Bertz CT molecular complexity index is 1660. The number of ketones is 1. The van der Waals surface area contributed by atoms with Crippen molar-refractivity contribution in [2.45, 2.75) is 13.0 Å². The maximum atomic E-state index is 15.2. The fourth-order valence-electron chi connectivity index (χ4n) is 5.28. The molecule has 2 aliphatic heterocycles. The van der Waals surface area contributed by atoms with Gasteiger partial charge in [0.1, 0.15) is 17.6 Å². The van der Waals surface area contributed by atoms with Crippen LogP contribution in [0.1, 0.15) is 29.1 Å². The van der Waals surface area contributed by atoms with Gasteiger partial charge in [-0.1, -0.05) is 36.4 Å². The number of halogens is 1. The summed E-state index contributed by atoms with van der Waals surface area (Å²) < 4.78 is 28.6. The second kappa shape index (κ2) is 10.9. The van der Waals surface area contributed by atoms with Crippen molar-refractivity contribution in [1.82, 2.24) is 9.78 Å². The first kappa shape index (κ1) is 26.2. The summed E-state index contributed by atoms with van der Waals surface area (Å²) in [7, 11) is 0. The highest BCUT2D eigenvalue weighted by molar-refractivity contribution is 6.16. The van der Waals surface area contributed by atoms with Gasteiger partial charge >= 0.3 is 0 Å². The van der Waals surface area contributed by atoms with Crippen LogP contribution in [0.4, 0.5) is 15.8 Å². The minimum atomic E-state index is -1.66. The molecule has 41 heavy (non-hydrogen) atoms. The van der Waals surface area contributed by atoms with Gasteiger partial charge in [0.2, 0.25) is 11.7 Å². The smallest absolute Gasteiger partial charge is 0.249 e. The third-order valence-corrected chi connectivity index (χ3v) is 7.19. The van der Waals surface area contributed by atoms with E-state index in [2.05, 4.69) is 10.4 Å². The molecule has 206 valence electrons. The molecular weight excluding hydrogens is 525 g/mol. The number of ether oxygens (including phenoxy) is 2.